The number of amides is 1. The maximum Gasteiger partial charge on any atom is 0.269 e. The summed E-state index contributed by atoms with van der Waals surface area (Å²) in [6.07, 6.45) is 2.96. The van der Waals surface area contributed by atoms with Gasteiger partial charge in [-0.1, -0.05) is 12.1 Å². The van der Waals surface area contributed by atoms with Gasteiger partial charge in [0, 0.05) is 29.8 Å². The average molecular weight is 417 g/mol. The Balaban J connectivity index is 1.50. The number of carbonyl (C=O) groups is 1. The van der Waals surface area contributed by atoms with Crippen molar-refractivity contribution in [3.8, 4) is 28.5 Å². The second kappa shape index (κ2) is 7.81. The Morgan fingerprint density at radius 2 is 1.94 bits per heavy atom. The van der Waals surface area contributed by atoms with Gasteiger partial charge in [0.1, 0.15) is 11.4 Å². The minimum absolute atomic E-state index is 0.339. The van der Waals surface area contributed by atoms with Crippen molar-refractivity contribution in [3.63, 3.8) is 0 Å². The van der Waals surface area contributed by atoms with Gasteiger partial charge >= 0.3 is 0 Å². The van der Waals surface area contributed by atoms with E-state index in [0.717, 1.165) is 36.3 Å². The van der Waals surface area contributed by atoms with Crippen molar-refractivity contribution < 1.29 is 14.3 Å². The molecular formula is C23H23N5O3. The van der Waals surface area contributed by atoms with Crippen LogP contribution in [0.4, 0.5) is 0 Å². The molecule has 1 fully saturated rings. The van der Waals surface area contributed by atoms with E-state index in [2.05, 4.69) is 10.4 Å². The summed E-state index contributed by atoms with van der Waals surface area (Å²) in [6, 6.07) is 14.9. The number of primary amides is 1. The Hall–Kier alpha value is -3.78. The highest BCUT2D eigenvalue weighted by atomic mass is 16.5. The minimum atomic E-state index is -0.533. The highest BCUT2D eigenvalue weighted by Crippen LogP contribution is 2.34. The maximum atomic E-state index is 12.3. The molecule has 1 atom stereocenters. The third kappa shape index (κ3) is 3.40. The van der Waals surface area contributed by atoms with Gasteiger partial charge in [-0.15, -0.1) is 0 Å². The van der Waals surface area contributed by atoms with Crippen LogP contribution in [-0.4, -0.2) is 40.7 Å². The number of nitrogens with zero attached hydrogens (tertiary/aromatic N) is 2. The maximum absolute atomic E-state index is 12.3. The van der Waals surface area contributed by atoms with Crippen molar-refractivity contribution in [1.82, 2.24) is 19.9 Å². The summed E-state index contributed by atoms with van der Waals surface area (Å²) in [5, 5.41) is 6.52. The lowest BCUT2D eigenvalue weighted by Gasteiger charge is -2.10. The first-order valence-corrected chi connectivity index (χ1v) is 10.2. The molecule has 3 heterocycles. The lowest BCUT2D eigenvalue weighted by Crippen LogP contribution is -2.15. The quantitative estimate of drug-likeness (QED) is 0.446. The molecule has 4 aromatic rings. The number of ether oxygens (including phenoxy) is 2. The van der Waals surface area contributed by atoms with Crippen molar-refractivity contribution >= 4 is 11.6 Å². The number of hydrogen-bond acceptors (Lipinski definition) is 5. The molecule has 31 heavy (non-hydrogen) atoms. The van der Waals surface area contributed by atoms with E-state index in [1.807, 2.05) is 54.7 Å². The molecule has 0 saturated carbocycles. The first kappa shape index (κ1) is 19.2. The Bertz CT molecular complexity index is 1240. The van der Waals surface area contributed by atoms with Gasteiger partial charge in [0.15, 0.2) is 22.8 Å². The summed E-state index contributed by atoms with van der Waals surface area (Å²) >= 11 is 0. The fourth-order valence-corrected chi connectivity index (χ4v) is 4.10. The van der Waals surface area contributed by atoms with Gasteiger partial charge in [-0.25, -0.2) is 9.50 Å². The van der Waals surface area contributed by atoms with Crippen LogP contribution in [0.15, 0.2) is 54.7 Å². The first-order chi connectivity index (χ1) is 15.2. The molecule has 2 aromatic carbocycles. The molecule has 0 aliphatic carbocycles. The van der Waals surface area contributed by atoms with Crippen molar-refractivity contribution in [1.29, 1.82) is 0 Å². The van der Waals surface area contributed by atoms with E-state index in [-0.39, 0.29) is 0 Å². The van der Waals surface area contributed by atoms with Crippen LogP contribution in [0.1, 0.15) is 28.4 Å². The minimum Gasteiger partial charge on any atom is -0.493 e. The summed E-state index contributed by atoms with van der Waals surface area (Å²) in [6.45, 7) is 1.88. The number of hydrogen-bond donors (Lipinski definition) is 3. The van der Waals surface area contributed by atoms with Gasteiger partial charge in [0.2, 0.25) is 0 Å². The van der Waals surface area contributed by atoms with Gasteiger partial charge in [-0.2, -0.15) is 0 Å². The summed E-state index contributed by atoms with van der Waals surface area (Å²) in [7, 11) is 1.60. The average Bonchev–Trinajstić information content (AvgIpc) is 3.51. The van der Waals surface area contributed by atoms with Crippen LogP contribution in [0.2, 0.25) is 0 Å². The van der Waals surface area contributed by atoms with Crippen LogP contribution in [0.25, 0.3) is 16.9 Å². The zero-order chi connectivity index (χ0) is 21.4. The number of nitrogens with two attached hydrogens (primary N) is 1. The summed E-state index contributed by atoms with van der Waals surface area (Å²) in [5.74, 6) is 1.76. The number of rotatable bonds is 6. The molecule has 4 N–H and O–H groups in total. The number of aromatic amines is 1. The lowest BCUT2D eigenvalue weighted by molar-refractivity contribution is 0.0994. The van der Waals surface area contributed by atoms with Gasteiger partial charge in [0.25, 0.3) is 5.91 Å². The monoisotopic (exact) mass is 417 g/mol. The molecule has 8 nitrogen and oxygen atoms in total. The number of para-hydroxylation sites is 2. The van der Waals surface area contributed by atoms with E-state index in [1.54, 1.807) is 11.6 Å². The van der Waals surface area contributed by atoms with Crippen LogP contribution >= 0.6 is 0 Å². The number of benzene rings is 2. The smallest absolute Gasteiger partial charge is 0.269 e. The Morgan fingerprint density at radius 3 is 2.61 bits per heavy atom. The van der Waals surface area contributed by atoms with Crippen LogP contribution in [0, 0.1) is 0 Å². The SMILES string of the molecule is COc1ccccc1Oc1ccc(-c2nc3c(C4CCNC4)c[nH]n3c2C(N)=O)cc1. The molecule has 1 amide bonds. The van der Waals surface area contributed by atoms with Gasteiger partial charge < -0.3 is 20.5 Å². The second-order valence-electron chi connectivity index (χ2n) is 7.53. The largest absolute Gasteiger partial charge is 0.493 e. The van der Waals surface area contributed by atoms with Crippen molar-refractivity contribution in [3.05, 3.63) is 66.0 Å². The molecule has 1 saturated heterocycles. The van der Waals surface area contributed by atoms with Crippen LogP contribution in [0.5, 0.6) is 17.2 Å². The molecule has 0 bridgehead atoms. The first-order valence-electron chi connectivity index (χ1n) is 10.2. The number of carbonyl (C=O) groups excluding carboxylic acids is 1. The number of imidazole rings is 1. The molecule has 0 spiro atoms. The predicted molar refractivity (Wildman–Crippen MR) is 117 cm³/mol. The molecule has 1 aliphatic rings. The number of aromatic nitrogens is 3. The molecule has 158 valence electrons. The topological polar surface area (TPSA) is 107 Å². The predicted octanol–water partition coefficient (Wildman–Crippen LogP) is 3.31. The number of fused-ring (bicyclic) bond motifs is 1. The third-order valence-corrected chi connectivity index (χ3v) is 5.64. The van der Waals surface area contributed by atoms with E-state index in [9.17, 15) is 4.79 Å². The summed E-state index contributed by atoms with van der Waals surface area (Å²) in [4.78, 5) is 17.1. The van der Waals surface area contributed by atoms with Crippen molar-refractivity contribution in [2.75, 3.05) is 20.2 Å². The highest BCUT2D eigenvalue weighted by molar-refractivity contribution is 5.98. The second-order valence-corrected chi connectivity index (χ2v) is 7.53. The highest BCUT2D eigenvalue weighted by Gasteiger charge is 2.26. The molecular weight excluding hydrogens is 394 g/mol. The van der Waals surface area contributed by atoms with Gasteiger partial charge in [-0.05, 0) is 49.4 Å². The molecule has 1 unspecified atom stereocenters. The lowest BCUT2D eigenvalue weighted by atomic mass is 10.0. The number of methoxy groups -OCH3 is 1. The normalized spacial score (nSPS) is 16.0. The van der Waals surface area contributed by atoms with Crippen molar-refractivity contribution in [2.45, 2.75) is 12.3 Å². The molecule has 2 aromatic heterocycles. The fourth-order valence-electron chi connectivity index (χ4n) is 4.10. The van der Waals surface area contributed by atoms with Crippen LogP contribution < -0.4 is 20.5 Å². The number of nitrogens with one attached hydrogen (secondary N) is 2. The van der Waals surface area contributed by atoms with Crippen LogP contribution in [0.3, 0.4) is 0 Å². The van der Waals surface area contributed by atoms with E-state index >= 15 is 0 Å². The Morgan fingerprint density at radius 1 is 1.16 bits per heavy atom. The number of H-pyrrole nitrogens is 1. The summed E-state index contributed by atoms with van der Waals surface area (Å²) < 4.78 is 13.0. The Labute approximate surface area is 179 Å². The summed E-state index contributed by atoms with van der Waals surface area (Å²) in [5.41, 5.74) is 9.23. The van der Waals surface area contributed by atoms with Gasteiger partial charge in [0.05, 0.1) is 7.11 Å². The molecule has 5 rings (SSSR count). The zero-order valence-electron chi connectivity index (χ0n) is 17.1. The standard InChI is InChI=1S/C23H23N5O3/c1-30-18-4-2-3-5-19(18)31-16-8-6-14(7-9-16)20-21(22(24)29)28-23(27-20)17(13-26-28)15-10-11-25-12-15/h2-9,13,15,25-26H,10-12H2,1H3,(H2,24,29). The van der Waals surface area contributed by atoms with Crippen LogP contribution in [-0.2, 0) is 0 Å². The molecule has 1 aliphatic heterocycles. The van der Waals surface area contributed by atoms with Gasteiger partial charge in [-0.3, -0.25) is 9.89 Å². The van der Waals surface area contributed by atoms with E-state index < -0.39 is 5.91 Å². The fraction of sp³-hybridized carbons (Fsp3) is 0.217. The van der Waals surface area contributed by atoms with E-state index in [4.69, 9.17) is 20.2 Å². The Kier molecular flexibility index (Phi) is 4.83. The third-order valence-electron chi connectivity index (χ3n) is 5.64. The van der Waals surface area contributed by atoms with Crippen molar-refractivity contribution in [2.24, 2.45) is 5.73 Å². The molecule has 0 radical (unpaired) electrons. The zero-order valence-corrected chi connectivity index (χ0v) is 17.1. The van der Waals surface area contributed by atoms with E-state index in [0.29, 0.717) is 34.6 Å². The van der Waals surface area contributed by atoms with E-state index in [1.165, 1.54) is 0 Å². The molecule has 8 heteroatoms.